The predicted molar refractivity (Wildman–Crippen MR) is 107 cm³/mol. The van der Waals surface area contributed by atoms with E-state index >= 15 is 0 Å². The molecule has 1 aliphatic rings. The van der Waals surface area contributed by atoms with Crippen LogP contribution in [0.25, 0.3) is 5.69 Å². The fourth-order valence-corrected chi connectivity index (χ4v) is 3.70. The molecule has 0 saturated heterocycles. The summed E-state index contributed by atoms with van der Waals surface area (Å²) in [4.78, 5) is 24.7. The third-order valence-electron chi connectivity index (χ3n) is 5.11. The summed E-state index contributed by atoms with van der Waals surface area (Å²) in [5.74, 6) is -0.207. The lowest BCUT2D eigenvalue weighted by atomic mass is 9.97. The molecule has 6 nitrogen and oxygen atoms in total. The zero-order valence-corrected chi connectivity index (χ0v) is 15.9. The Morgan fingerprint density at radius 1 is 1.14 bits per heavy atom. The fourth-order valence-electron chi connectivity index (χ4n) is 3.70. The van der Waals surface area contributed by atoms with E-state index in [-0.39, 0.29) is 30.7 Å². The van der Waals surface area contributed by atoms with Crippen molar-refractivity contribution in [1.29, 1.82) is 0 Å². The first-order valence-electron chi connectivity index (χ1n) is 9.31. The van der Waals surface area contributed by atoms with E-state index in [1.165, 1.54) is 0 Å². The first kappa shape index (κ1) is 18.0. The molecule has 2 aromatic carbocycles. The maximum Gasteiger partial charge on any atom is 0.226 e. The van der Waals surface area contributed by atoms with Gasteiger partial charge in [-0.3, -0.25) is 9.59 Å². The normalized spacial score (nSPS) is 15.6. The van der Waals surface area contributed by atoms with Crippen molar-refractivity contribution in [3.8, 4) is 5.69 Å². The molecular formula is C22H22N4O2. The minimum absolute atomic E-state index is 0.0896. The topological polar surface area (TPSA) is 76.0 Å². The average molecular weight is 374 g/mol. The molecule has 4 rings (SSSR count). The SMILES string of the molecule is Cc1nn(-c2ccccc2)c(C)c1CC(=O)N[C@@H]1CC(=O)Nc2ccccc21. The third kappa shape index (κ3) is 3.41. The number of aromatic nitrogens is 2. The molecule has 1 aromatic heterocycles. The Labute approximate surface area is 163 Å². The largest absolute Gasteiger partial charge is 0.348 e. The summed E-state index contributed by atoms with van der Waals surface area (Å²) >= 11 is 0. The number of fused-ring (bicyclic) bond motifs is 1. The summed E-state index contributed by atoms with van der Waals surface area (Å²) < 4.78 is 1.86. The summed E-state index contributed by atoms with van der Waals surface area (Å²) in [6.07, 6.45) is 0.467. The van der Waals surface area contributed by atoms with Gasteiger partial charge in [0.15, 0.2) is 0 Å². The van der Waals surface area contributed by atoms with Gasteiger partial charge in [0.1, 0.15) is 0 Å². The Morgan fingerprint density at radius 3 is 2.64 bits per heavy atom. The molecule has 2 amide bonds. The number of aryl methyl sites for hydroxylation is 1. The van der Waals surface area contributed by atoms with Gasteiger partial charge < -0.3 is 10.6 Å². The van der Waals surface area contributed by atoms with Gasteiger partial charge in [0.2, 0.25) is 11.8 Å². The van der Waals surface area contributed by atoms with E-state index < -0.39 is 0 Å². The summed E-state index contributed by atoms with van der Waals surface area (Å²) in [6.45, 7) is 3.89. The second kappa shape index (κ2) is 7.31. The number of amides is 2. The minimum atomic E-state index is -0.317. The van der Waals surface area contributed by atoms with E-state index in [2.05, 4.69) is 15.7 Å². The molecule has 6 heteroatoms. The lowest BCUT2D eigenvalue weighted by Crippen LogP contribution is -2.36. The molecule has 0 bridgehead atoms. The van der Waals surface area contributed by atoms with Crippen LogP contribution in [0.4, 0.5) is 5.69 Å². The summed E-state index contributed by atoms with van der Waals surface area (Å²) in [7, 11) is 0. The molecule has 0 unspecified atom stereocenters. The number of hydrogen-bond acceptors (Lipinski definition) is 3. The Bertz CT molecular complexity index is 1040. The van der Waals surface area contributed by atoms with Crippen molar-refractivity contribution in [3.63, 3.8) is 0 Å². The van der Waals surface area contributed by atoms with Crippen LogP contribution in [0.5, 0.6) is 0 Å². The summed E-state index contributed by atoms with van der Waals surface area (Å²) in [5, 5.41) is 10.5. The van der Waals surface area contributed by atoms with Gasteiger partial charge in [-0.2, -0.15) is 5.10 Å². The van der Waals surface area contributed by atoms with Crippen LogP contribution in [0.15, 0.2) is 54.6 Å². The molecule has 28 heavy (non-hydrogen) atoms. The monoisotopic (exact) mass is 374 g/mol. The highest BCUT2D eigenvalue weighted by atomic mass is 16.2. The highest BCUT2D eigenvalue weighted by Crippen LogP contribution is 2.30. The number of carbonyl (C=O) groups is 2. The molecule has 1 aliphatic heterocycles. The van der Waals surface area contributed by atoms with Crippen LogP contribution in [-0.2, 0) is 16.0 Å². The third-order valence-corrected chi connectivity index (χ3v) is 5.11. The standard InChI is InChI=1S/C22H22N4O2/c1-14-18(15(2)26(25-14)16-8-4-3-5-9-16)12-21(27)24-20-13-22(28)23-19-11-7-6-10-17(19)20/h3-11,20H,12-13H2,1-2H3,(H,23,28)(H,24,27)/t20-/m1/s1. The van der Waals surface area contributed by atoms with Crippen molar-refractivity contribution >= 4 is 17.5 Å². The zero-order chi connectivity index (χ0) is 19.7. The summed E-state index contributed by atoms with van der Waals surface area (Å²) in [5.41, 5.74) is 5.35. The second-order valence-corrected chi connectivity index (χ2v) is 7.03. The first-order chi connectivity index (χ1) is 13.5. The van der Waals surface area contributed by atoms with Gasteiger partial charge in [-0.15, -0.1) is 0 Å². The lowest BCUT2D eigenvalue weighted by molar-refractivity contribution is -0.122. The smallest absolute Gasteiger partial charge is 0.226 e. The van der Waals surface area contributed by atoms with E-state index in [1.54, 1.807) is 0 Å². The molecule has 2 heterocycles. The van der Waals surface area contributed by atoms with Crippen LogP contribution in [0.2, 0.25) is 0 Å². The molecule has 3 aromatic rings. The van der Waals surface area contributed by atoms with Crippen molar-refractivity contribution in [2.45, 2.75) is 32.7 Å². The number of nitrogens with one attached hydrogen (secondary N) is 2. The fraction of sp³-hybridized carbons (Fsp3) is 0.227. The van der Waals surface area contributed by atoms with Crippen LogP contribution in [0, 0.1) is 13.8 Å². The van der Waals surface area contributed by atoms with Crippen molar-refractivity contribution in [1.82, 2.24) is 15.1 Å². The van der Waals surface area contributed by atoms with Crippen molar-refractivity contribution in [3.05, 3.63) is 77.1 Å². The highest BCUT2D eigenvalue weighted by Gasteiger charge is 2.26. The maximum absolute atomic E-state index is 12.8. The van der Waals surface area contributed by atoms with Crippen LogP contribution >= 0.6 is 0 Å². The average Bonchev–Trinajstić information content (AvgIpc) is 2.97. The molecule has 1 atom stereocenters. The Hall–Kier alpha value is -3.41. The lowest BCUT2D eigenvalue weighted by Gasteiger charge is -2.26. The molecule has 0 saturated carbocycles. The van der Waals surface area contributed by atoms with Crippen LogP contribution in [0.1, 0.15) is 35.0 Å². The van der Waals surface area contributed by atoms with Crippen molar-refractivity contribution in [2.75, 3.05) is 5.32 Å². The van der Waals surface area contributed by atoms with Gasteiger partial charge in [0.25, 0.3) is 0 Å². The molecule has 0 aliphatic carbocycles. The zero-order valence-electron chi connectivity index (χ0n) is 15.9. The van der Waals surface area contributed by atoms with E-state index in [0.717, 1.165) is 33.9 Å². The minimum Gasteiger partial charge on any atom is -0.348 e. The van der Waals surface area contributed by atoms with Crippen molar-refractivity contribution < 1.29 is 9.59 Å². The van der Waals surface area contributed by atoms with Crippen LogP contribution in [0.3, 0.4) is 0 Å². The maximum atomic E-state index is 12.8. The van der Waals surface area contributed by atoms with Gasteiger partial charge in [-0.25, -0.2) is 4.68 Å². The Kier molecular flexibility index (Phi) is 4.69. The number of hydrogen-bond donors (Lipinski definition) is 2. The first-order valence-corrected chi connectivity index (χ1v) is 9.31. The van der Waals surface area contributed by atoms with Gasteiger partial charge in [-0.05, 0) is 37.6 Å². The van der Waals surface area contributed by atoms with E-state index in [4.69, 9.17) is 0 Å². The number of rotatable bonds is 4. The summed E-state index contributed by atoms with van der Waals surface area (Å²) in [6, 6.07) is 17.1. The highest BCUT2D eigenvalue weighted by molar-refractivity contribution is 5.95. The molecule has 0 fully saturated rings. The molecule has 2 N–H and O–H groups in total. The van der Waals surface area contributed by atoms with E-state index in [9.17, 15) is 9.59 Å². The Balaban J connectivity index is 1.54. The predicted octanol–water partition coefficient (Wildman–Crippen LogP) is 3.23. The Morgan fingerprint density at radius 2 is 1.86 bits per heavy atom. The number of para-hydroxylation sites is 2. The van der Waals surface area contributed by atoms with Gasteiger partial charge in [-0.1, -0.05) is 36.4 Å². The molecule has 0 radical (unpaired) electrons. The number of nitrogens with zero attached hydrogens (tertiary/aromatic N) is 2. The van der Waals surface area contributed by atoms with E-state index in [0.29, 0.717) is 0 Å². The number of carbonyl (C=O) groups excluding carboxylic acids is 2. The van der Waals surface area contributed by atoms with Gasteiger partial charge >= 0.3 is 0 Å². The van der Waals surface area contributed by atoms with Crippen LogP contribution in [-0.4, -0.2) is 21.6 Å². The second-order valence-electron chi connectivity index (χ2n) is 7.03. The van der Waals surface area contributed by atoms with E-state index in [1.807, 2.05) is 73.1 Å². The van der Waals surface area contributed by atoms with Crippen molar-refractivity contribution in [2.24, 2.45) is 0 Å². The molecule has 142 valence electrons. The number of benzene rings is 2. The van der Waals surface area contributed by atoms with Gasteiger partial charge in [0.05, 0.1) is 30.3 Å². The number of anilines is 1. The molecule has 0 spiro atoms. The molecular weight excluding hydrogens is 352 g/mol. The van der Waals surface area contributed by atoms with Gasteiger partial charge in [0, 0.05) is 16.9 Å². The van der Waals surface area contributed by atoms with Crippen LogP contribution < -0.4 is 10.6 Å². The quantitative estimate of drug-likeness (QED) is 0.736.